The van der Waals surface area contributed by atoms with Crippen LogP contribution in [0.4, 0.5) is 0 Å². The van der Waals surface area contributed by atoms with Gasteiger partial charge >= 0.3 is 0 Å². The molecule has 0 saturated heterocycles. The lowest BCUT2D eigenvalue weighted by atomic mass is 9.88. The molecule has 0 spiro atoms. The second-order valence-electron chi connectivity index (χ2n) is 5.92. The van der Waals surface area contributed by atoms with E-state index in [0.29, 0.717) is 5.92 Å². The van der Waals surface area contributed by atoms with Gasteiger partial charge in [0.2, 0.25) is 5.91 Å². The van der Waals surface area contributed by atoms with Gasteiger partial charge in [-0.15, -0.1) is 0 Å². The van der Waals surface area contributed by atoms with E-state index in [1.54, 1.807) is 0 Å². The fraction of sp³-hybridized carbons (Fsp3) is 0.929. The van der Waals surface area contributed by atoms with Crippen LogP contribution >= 0.6 is 0 Å². The van der Waals surface area contributed by atoms with Crippen LogP contribution in [0.3, 0.4) is 0 Å². The van der Waals surface area contributed by atoms with E-state index in [2.05, 4.69) is 12.2 Å². The molecule has 0 atom stereocenters. The van der Waals surface area contributed by atoms with Crippen molar-refractivity contribution in [1.82, 2.24) is 5.32 Å². The predicted molar refractivity (Wildman–Crippen MR) is 71.3 cm³/mol. The maximum absolute atomic E-state index is 11.7. The van der Waals surface area contributed by atoms with Crippen molar-refractivity contribution in [2.24, 2.45) is 5.92 Å². The molecular weight excluding hydrogens is 230 g/mol. The Labute approximate surface area is 110 Å². The molecule has 0 bridgehead atoms. The Bertz CT molecular complexity index is 258. The third-order valence-corrected chi connectivity index (χ3v) is 3.86. The largest absolute Gasteiger partial charge is 0.396 e. The normalized spacial score (nSPS) is 24.9. The highest BCUT2D eigenvalue weighted by atomic mass is 16.5. The number of hydrogen-bond donors (Lipinski definition) is 2. The number of ether oxygens (including phenoxy) is 1. The quantitative estimate of drug-likeness (QED) is 0.763. The van der Waals surface area contributed by atoms with Crippen molar-refractivity contribution < 1.29 is 14.6 Å². The van der Waals surface area contributed by atoms with Gasteiger partial charge in [-0.3, -0.25) is 4.79 Å². The second-order valence-corrected chi connectivity index (χ2v) is 5.92. The first-order valence-electron chi connectivity index (χ1n) is 7.00. The number of aliphatic hydroxyl groups is 1. The number of hydrogen-bond acceptors (Lipinski definition) is 3. The summed E-state index contributed by atoms with van der Waals surface area (Å²) in [6.45, 7) is 6.50. The van der Waals surface area contributed by atoms with Crippen molar-refractivity contribution in [1.29, 1.82) is 0 Å². The van der Waals surface area contributed by atoms with Gasteiger partial charge in [-0.05, 0) is 51.9 Å². The van der Waals surface area contributed by atoms with E-state index in [9.17, 15) is 4.79 Å². The van der Waals surface area contributed by atoms with Gasteiger partial charge in [0.25, 0.3) is 0 Å². The van der Waals surface area contributed by atoms with Crippen LogP contribution in [0.5, 0.6) is 0 Å². The first-order valence-corrected chi connectivity index (χ1v) is 7.00. The summed E-state index contributed by atoms with van der Waals surface area (Å²) in [6.07, 6.45) is 5.00. The molecule has 1 aliphatic carbocycles. The number of aliphatic hydroxyl groups excluding tert-OH is 1. The number of amides is 1. The van der Waals surface area contributed by atoms with E-state index in [1.165, 1.54) is 0 Å². The van der Waals surface area contributed by atoms with Crippen molar-refractivity contribution in [3.05, 3.63) is 0 Å². The van der Waals surface area contributed by atoms with Gasteiger partial charge in [0.15, 0.2) is 0 Å². The van der Waals surface area contributed by atoms with Gasteiger partial charge in [0.05, 0.1) is 6.10 Å². The Morgan fingerprint density at radius 3 is 2.44 bits per heavy atom. The lowest BCUT2D eigenvalue weighted by Gasteiger charge is -2.28. The van der Waals surface area contributed by atoms with Crippen molar-refractivity contribution in [2.45, 2.75) is 64.5 Å². The fourth-order valence-electron chi connectivity index (χ4n) is 2.18. The molecular formula is C14H27NO3. The molecule has 0 heterocycles. The van der Waals surface area contributed by atoms with E-state index in [4.69, 9.17) is 9.84 Å². The second kappa shape index (κ2) is 7.10. The van der Waals surface area contributed by atoms with Crippen LogP contribution in [-0.2, 0) is 9.53 Å². The SMILES string of the molecule is CCC(C)(C)NC(=O)COC1CCC(CO)CC1. The molecule has 0 aromatic heterocycles. The summed E-state index contributed by atoms with van der Waals surface area (Å²) in [7, 11) is 0. The number of carbonyl (C=O) groups is 1. The van der Waals surface area contributed by atoms with Gasteiger partial charge < -0.3 is 15.2 Å². The van der Waals surface area contributed by atoms with Crippen molar-refractivity contribution in [3.8, 4) is 0 Å². The Kier molecular flexibility index (Phi) is 6.09. The van der Waals surface area contributed by atoms with E-state index in [1.807, 2.05) is 13.8 Å². The smallest absolute Gasteiger partial charge is 0.246 e. The van der Waals surface area contributed by atoms with Crippen LogP contribution in [0.15, 0.2) is 0 Å². The Hall–Kier alpha value is -0.610. The minimum absolute atomic E-state index is 0.0360. The minimum atomic E-state index is -0.158. The standard InChI is InChI=1S/C14H27NO3/c1-4-14(2,3)15-13(17)10-18-12-7-5-11(9-16)6-8-12/h11-12,16H,4-10H2,1-3H3,(H,15,17). The van der Waals surface area contributed by atoms with Crippen LogP contribution in [0.25, 0.3) is 0 Å². The molecule has 1 rings (SSSR count). The molecule has 1 amide bonds. The molecule has 4 nitrogen and oxygen atoms in total. The molecule has 2 N–H and O–H groups in total. The molecule has 4 heteroatoms. The van der Waals surface area contributed by atoms with Gasteiger partial charge in [0, 0.05) is 12.1 Å². The fourth-order valence-corrected chi connectivity index (χ4v) is 2.18. The van der Waals surface area contributed by atoms with Gasteiger partial charge in [-0.1, -0.05) is 6.92 Å². The Balaban J connectivity index is 2.19. The highest BCUT2D eigenvalue weighted by Gasteiger charge is 2.23. The van der Waals surface area contributed by atoms with Crippen molar-refractivity contribution >= 4 is 5.91 Å². The van der Waals surface area contributed by atoms with Crippen LogP contribution in [-0.4, -0.2) is 35.9 Å². The van der Waals surface area contributed by atoms with Crippen LogP contribution in [0.2, 0.25) is 0 Å². The molecule has 1 aliphatic rings. The summed E-state index contributed by atoms with van der Waals surface area (Å²) in [6, 6.07) is 0. The molecule has 106 valence electrons. The zero-order chi connectivity index (χ0) is 13.6. The average Bonchev–Trinajstić information content (AvgIpc) is 2.36. The Morgan fingerprint density at radius 1 is 1.33 bits per heavy atom. The summed E-state index contributed by atoms with van der Waals surface area (Å²) in [5.74, 6) is 0.392. The molecule has 1 fully saturated rings. The number of rotatable bonds is 6. The van der Waals surface area contributed by atoms with Crippen LogP contribution < -0.4 is 5.32 Å². The van der Waals surface area contributed by atoms with E-state index in [0.717, 1.165) is 32.1 Å². The summed E-state index contributed by atoms with van der Waals surface area (Å²) < 4.78 is 5.63. The van der Waals surface area contributed by atoms with Gasteiger partial charge in [-0.2, -0.15) is 0 Å². The van der Waals surface area contributed by atoms with Crippen molar-refractivity contribution in [3.63, 3.8) is 0 Å². The van der Waals surface area contributed by atoms with Crippen LogP contribution in [0, 0.1) is 5.92 Å². The highest BCUT2D eigenvalue weighted by Crippen LogP contribution is 2.25. The molecule has 0 unspecified atom stereocenters. The topological polar surface area (TPSA) is 58.6 Å². The number of nitrogens with one attached hydrogen (secondary N) is 1. The lowest BCUT2D eigenvalue weighted by Crippen LogP contribution is -2.45. The summed E-state index contributed by atoms with van der Waals surface area (Å²) >= 11 is 0. The molecule has 18 heavy (non-hydrogen) atoms. The zero-order valence-electron chi connectivity index (χ0n) is 11.9. The zero-order valence-corrected chi connectivity index (χ0v) is 11.9. The van der Waals surface area contributed by atoms with E-state index < -0.39 is 0 Å². The predicted octanol–water partition coefficient (Wildman–Crippen LogP) is 1.86. The summed E-state index contributed by atoms with van der Waals surface area (Å²) in [5, 5.41) is 12.0. The minimum Gasteiger partial charge on any atom is -0.396 e. The van der Waals surface area contributed by atoms with Gasteiger partial charge in [0.1, 0.15) is 6.61 Å². The highest BCUT2D eigenvalue weighted by molar-refractivity contribution is 5.77. The molecule has 0 aromatic carbocycles. The van der Waals surface area contributed by atoms with E-state index in [-0.39, 0.29) is 30.8 Å². The molecule has 0 radical (unpaired) electrons. The third-order valence-electron chi connectivity index (χ3n) is 3.86. The maximum atomic E-state index is 11.7. The van der Waals surface area contributed by atoms with Gasteiger partial charge in [-0.25, -0.2) is 0 Å². The average molecular weight is 257 g/mol. The first-order chi connectivity index (χ1) is 8.46. The monoisotopic (exact) mass is 257 g/mol. The summed E-state index contributed by atoms with van der Waals surface area (Å²) in [5.41, 5.74) is -0.158. The number of carbonyl (C=O) groups excluding carboxylic acids is 1. The lowest BCUT2D eigenvalue weighted by molar-refractivity contribution is -0.130. The Morgan fingerprint density at radius 2 is 1.94 bits per heavy atom. The maximum Gasteiger partial charge on any atom is 0.246 e. The van der Waals surface area contributed by atoms with E-state index >= 15 is 0 Å². The molecule has 1 saturated carbocycles. The first kappa shape index (κ1) is 15.4. The third kappa shape index (κ3) is 5.36. The molecule has 0 aromatic rings. The summed E-state index contributed by atoms with van der Waals surface area (Å²) in [4.78, 5) is 11.7. The van der Waals surface area contributed by atoms with Crippen molar-refractivity contribution in [2.75, 3.05) is 13.2 Å². The van der Waals surface area contributed by atoms with Crippen LogP contribution in [0.1, 0.15) is 52.9 Å². The molecule has 0 aliphatic heterocycles.